The third-order valence-corrected chi connectivity index (χ3v) is 4.52. The quantitative estimate of drug-likeness (QED) is 0.742. The minimum absolute atomic E-state index is 0.343. The van der Waals surface area contributed by atoms with Gasteiger partial charge in [0.1, 0.15) is 0 Å². The highest BCUT2D eigenvalue weighted by Crippen LogP contribution is 2.37. The molecule has 1 aliphatic heterocycles. The molecule has 1 heterocycles. The Morgan fingerprint density at radius 3 is 1.56 bits per heavy atom. The second kappa shape index (κ2) is 4.79. The van der Waals surface area contributed by atoms with Crippen molar-refractivity contribution in [2.45, 2.75) is 90.4 Å². The average Bonchev–Trinajstić information content (AvgIpc) is 2.99. The lowest BCUT2D eigenvalue weighted by atomic mass is 9.93. The van der Waals surface area contributed by atoms with E-state index in [1.54, 1.807) is 0 Å². The SMILES string of the molecule is CC(C)(C)N1CCC(N(C2CC2)C(C)(C)C)CC1. The minimum Gasteiger partial charge on any atom is -0.298 e. The van der Waals surface area contributed by atoms with Gasteiger partial charge in [-0.25, -0.2) is 0 Å². The summed E-state index contributed by atoms with van der Waals surface area (Å²) in [5.41, 5.74) is 0.687. The van der Waals surface area contributed by atoms with Gasteiger partial charge in [-0.15, -0.1) is 0 Å². The second-order valence-corrected chi connectivity index (χ2v) is 8.20. The molecule has 0 aromatic carbocycles. The van der Waals surface area contributed by atoms with E-state index in [1.807, 2.05) is 0 Å². The number of nitrogens with zero attached hydrogens (tertiary/aromatic N) is 2. The van der Waals surface area contributed by atoms with Gasteiger partial charge in [-0.05, 0) is 67.2 Å². The highest BCUT2D eigenvalue weighted by Gasteiger charge is 2.41. The van der Waals surface area contributed by atoms with E-state index in [-0.39, 0.29) is 0 Å². The van der Waals surface area contributed by atoms with Crippen molar-refractivity contribution in [1.29, 1.82) is 0 Å². The normalized spacial score (nSPS) is 24.8. The van der Waals surface area contributed by atoms with E-state index < -0.39 is 0 Å². The van der Waals surface area contributed by atoms with Gasteiger partial charge in [-0.1, -0.05) is 0 Å². The van der Waals surface area contributed by atoms with Crippen LogP contribution >= 0.6 is 0 Å². The van der Waals surface area contributed by atoms with Crippen molar-refractivity contribution in [2.75, 3.05) is 13.1 Å². The number of rotatable bonds is 2. The number of hydrogen-bond acceptors (Lipinski definition) is 2. The molecule has 1 saturated heterocycles. The highest BCUT2D eigenvalue weighted by atomic mass is 15.3. The van der Waals surface area contributed by atoms with Gasteiger partial charge in [-0.2, -0.15) is 0 Å². The Balaban J connectivity index is 1.95. The molecule has 0 aromatic rings. The second-order valence-electron chi connectivity index (χ2n) is 8.20. The first-order valence-electron chi connectivity index (χ1n) is 7.73. The largest absolute Gasteiger partial charge is 0.298 e. The Kier molecular flexibility index (Phi) is 3.81. The Morgan fingerprint density at radius 1 is 0.778 bits per heavy atom. The van der Waals surface area contributed by atoms with E-state index in [0.29, 0.717) is 11.1 Å². The summed E-state index contributed by atoms with van der Waals surface area (Å²) < 4.78 is 0. The zero-order chi connectivity index (χ0) is 13.6. The van der Waals surface area contributed by atoms with Gasteiger partial charge in [0.25, 0.3) is 0 Å². The van der Waals surface area contributed by atoms with Crippen LogP contribution in [0.5, 0.6) is 0 Å². The molecule has 0 atom stereocenters. The third kappa shape index (κ3) is 3.27. The Labute approximate surface area is 114 Å². The molecule has 0 radical (unpaired) electrons. The van der Waals surface area contributed by atoms with Crippen LogP contribution in [0.2, 0.25) is 0 Å². The summed E-state index contributed by atoms with van der Waals surface area (Å²) in [6.45, 7) is 16.7. The monoisotopic (exact) mass is 252 g/mol. The van der Waals surface area contributed by atoms with E-state index in [0.717, 1.165) is 12.1 Å². The molecule has 106 valence electrons. The first-order valence-corrected chi connectivity index (χ1v) is 7.73. The van der Waals surface area contributed by atoms with Crippen LogP contribution in [0.3, 0.4) is 0 Å². The van der Waals surface area contributed by atoms with Gasteiger partial charge in [0.15, 0.2) is 0 Å². The average molecular weight is 252 g/mol. The first kappa shape index (κ1) is 14.3. The lowest BCUT2D eigenvalue weighted by Crippen LogP contribution is -2.55. The smallest absolute Gasteiger partial charge is 0.0130 e. The standard InChI is InChI=1S/C16H32N2/c1-15(2,3)17-11-9-14(10-12-17)18(13-7-8-13)16(4,5)6/h13-14H,7-12H2,1-6H3. The molecular formula is C16H32N2. The fraction of sp³-hybridized carbons (Fsp3) is 1.00. The summed E-state index contributed by atoms with van der Waals surface area (Å²) in [4.78, 5) is 5.48. The van der Waals surface area contributed by atoms with Gasteiger partial charge in [0.05, 0.1) is 0 Å². The van der Waals surface area contributed by atoms with E-state index in [1.165, 1.54) is 38.8 Å². The minimum atomic E-state index is 0.343. The summed E-state index contributed by atoms with van der Waals surface area (Å²) in [7, 11) is 0. The molecule has 2 aliphatic rings. The fourth-order valence-corrected chi connectivity index (χ4v) is 3.56. The van der Waals surface area contributed by atoms with Crippen molar-refractivity contribution in [1.82, 2.24) is 9.80 Å². The Bertz CT molecular complexity index is 272. The summed E-state index contributed by atoms with van der Waals surface area (Å²) in [5.74, 6) is 0. The molecule has 2 fully saturated rings. The predicted octanol–water partition coefficient (Wildman–Crippen LogP) is 3.51. The zero-order valence-corrected chi connectivity index (χ0v) is 13.3. The molecule has 2 heteroatoms. The van der Waals surface area contributed by atoms with E-state index in [4.69, 9.17) is 0 Å². The molecular weight excluding hydrogens is 220 g/mol. The van der Waals surface area contributed by atoms with Gasteiger partial charge in [-0.3, -0.25) is 9.80 Å². The van der Waals surface area contributed by atoms with Crippen LogP contribution in [0.25, 0.3) is 0 Å². The van der Waals surface area contributed by atoms with Gasteiger partial charge in [0.2, 0.25) is 0 Å². The maximum absolute atomic E-state index is 2.83. The lowest BCUT2D eigenvalue weighted by molar-refractivity contribution is 0.0106. The van der Waals surface area contributed by atoms with Gasteiger partial charge < -0.3 is 0 Å². The van der Waals surface area contributed by atoms with Crippen molar-refractivity contribution in [3.8, 4) is 0 Å². The predicted molar refractivity (Wildman–Crippen MR) is 79.0 cm³/mol. The van der Waals surface area contributed by atoms with Crippen LogP contribution in [0, 0.1) is 0 Å². The van der Waals surface area contributed by atoms with Gasteiger partial charge in [0, 0.05) is 36.3 Å². The van der Waals surface area contributed by atoms with E-state index in [2.05, 4.69) is 51.3 Å². The molecule has 0 bridgehead atoms. The Morgan fingerprint density at radius 2 is 1.22 bits per heavy atom. The summed E-state index contributed by atoms with van der Waals surface area (Å²) >= 11 is 0. The van der Waals surface area contributed by atoms with Crippen molar-refractivity contribution >= 4 is 0 Å². The zero-order valence-electron chi connectivity index (χ0n) is 13.3. The maximum Gasteiger partial charge on any atom is 0.0130 e. The van der Waals surface area contributed by atoms with Crippen LogP contribution in [0.4, 0.5) is 0 Å². The van der Waals surface area contributed by atoms with Crippen molar-refractivity contribution in [2.24, 2.45) is 0 Å². The molecule has 1 aliphatic carbocycles. The number of likely N-dealkylation sites (tertiary alicyclic amines) is 1. The van der Waals surface area contributed by atoms with E-state index >= 15 is 0 Å². The maximum atomic E-state index is 2.83. The molecule has 0 N–H and O–H groups in total. The molecule has 2 nitrogen and oxygen atoms in total. The van der Waals surface area contributed by atoms with Crippen molar-refractivity contribution < 1.29 is 0 Å². The molecule has 18 heavy (non-hydrogen) atoms. The van der Waals surface area contributed by atoms with Crippen LogP contribution < -0.4 is 0 Å². The van der Waals surface area contributed by atoms with Crippen LogP contribution in [-0.2, 0) is 0 Å². The number of piperidine rings is 1. The molecule has 0 spiro atoms. The molecule has 0 unspecified atom stereocenters. The van der Waals surface area contributed by atoms with Crippen LogP contribution in [0.1, 0.15) is 67.2 Å². The Hall–Kier alpha value is -0.0800. The highest BCUT2D eigenvalue weighted by molar-refractivity contribution is 4.97. The molecule has 1 saturated carbocycles. The molecule has 0 amide bonds. The number of hydrogen-bond donors (Lipinski definition) is 0. The fourth-order valence-electron chi connectivity index (χ4n) is 3.56. The topological polar surface area (TPSA) is 6.48 Å². The summed E-state index contributed by atoms with van der Waals surface area (Å²) in [5, 5.41) is 0. The molecule has 2 rings (SSSR count). The lowest BCUT2D eigenvalue weighted by Gasteiger charge is -2.48. The van der Waals surface area contributed by atoms with Crippen LogP contribution in [-0.4, -0.2) is 46.1 Å². The van der Waals surface area contributed by atoms with Crippen LogP contribution in [0.15, 0.2) is 0 Å². The van der Waals surface area contributed by atoms with E-state index in [9.17, 15) is 0 Å². The van der Waals surface area contributed by atoms with Gasteiger partial charge >= 0.3 is 0 Å². The summed E-state index contributed by atoms with van der Waals surface area (Å²) in [6, 6.07) is 1.70. The summed E-state index contributed by atoms with van der Waals surface area (Å²) in [6.07, 6.45) is 5.56. The third-order valence-electron chi connectivity index (χ3n) is 4.52. The van der Waals surface area contributed by atoms with Crippen molar-refractivity contribution in [3.05, 3.63) is 0 Å². The van der Waals surface area contributed by atoms with Crippen molar-refractivity contribution in [3.63, 3.8) is 0 Å². The first-order chi connectivity index (χ1) is 8.19. The molecule has 0 aromatic heterocycles.